The van der Waals surface area contributed by atoms with E-state index in [4.69, 9.17) is 0 Å². The van der Waals surface area contributed by atoms with E-state index >= 15 is 0 Å². The van der Waals surface area contributed by atoms with E-state index in [0.717, 1.165) is 37.8 Å². The van der Waals surface area contributed by atoms with Crippen LogP contribution in [0.3, 0.4) is 0 Å². The number of carbonyl (C=O) groups excluding carboxylic acids is 1. The van der Waals surface area contributed by atoms with Crippen LogP contribution in [-0.2, 0) is 4.79 Å². The molecule has 3 saturated heterocycles. The lowest BCUT2D eigenvalue weighted by molar-refractivity contribution is -0.148. The molecule has 0 radical (unpaired) electrons. The van der Waals surface area contributed by atoms with Gasteiger partial charge in [-0.3, -0.25) is 15.6 Å². The van der Waals surface area contributed by atoms with Crippen LogP contribution in [0.25, 0.3) is 0 Å². The molecule has 0 spiro atoms. The Kier molecular flexibility index (Phi) is 3.35. The van der Waals surface area contributed by atoms with Crippen LogP contribution in [0.15, 0.2) is 0 Å². The molecule has 5 nitrogen and oxygen atoms in total. The van der Waals surface area contributed by atoms with E-state index in [2.05, 4.69) is 21.1 Å². The van der Waals surface area contributed by atoms with Gasteiger partial charge in [0, 0.05) is 37.1 Å². The van der Waals surface area contributed by atoms with Gasteiger partial charge in [0.25, 0.3) is 0 Å². The average Bonchev–Trinajstić information content (AvgIpc) is 3.15. The Hall–Kier alpha value is -0.650. The van der Waals surface area contributed by atoms with Crippen LogP contribution in [0.5, 0.6) is 0 Å². The SMILES string of the molecule is O=C(C1CC2CCCCC2N1)N1CCC2NNC(C34CC(C3)C4)C2C1. The standard InChI is InChI=1S/C20H32N4O/c25-19(17-7-13-3-1-2-4-15(13)21-17)24-6-5-16-14(11-24)18(23-22-16)20-8-12(9-20)10-20/h12-18,21-23H,1-11H2. The predicted molar refractivity (Wildman–Crippen MR) is 95.6 cm³/mol. The van der Waals surface area contributed by atoms with Crippen molar-refractivity contribution >= 4 is 5.91 Å². The molecule has 7 rings (SSSR count). The van der Waals surface area contributed by atoms with Crippen molar-refractivity contribution in [2.45, 2.75) is 82.0 Å². The van der Waals surface area contributed by atoms with Crippen molar-refractivity contribution in [1.29, 1.82) is 0 Å². The number of hydrogen-bond acceptors (Lipinski definition) is 4. The van der Waals surface area contributed by atoms with Gasteiger partial charge in [-0.1, -0.05) is 12.8 Å². The fourth-order valence-corrected chi connectivity index (χ4v) is 7.27. The van der Waals surface area contributed by atoms with Gasteiger partial charge in [0.1, 0.15) is 0 Å². The molecule has 7 aliphatic rings. The van der Waals surface area contributed by atoms with E-state index in [1.54, 1.807) is 0 Å². The first-order chi connectivity index (χ1) is 12.2. The first-order valence-corrected chi connectivity index (χ1v) is 10.8. The van der Waals surface area contributed by atoms with Gasteiger partial charge in [0.15, 0.2) is 0 Å². The molecular weight excluding hydrogens is 312 g/mol. The Labute approximate surface area is 150 Å². The molecule has 25 heavy (non-hydrogen) atoms. The van der Waals surface area contributed by atoms with Gasteiger partial charge in [-0.15, -0.1) is 0 Å². The van der Waals surface area contributed by atoms with E-state index in [9.17, 15) is 4.79 Å². The molecule has 4 aliphatic carbocycles. The highest BCUT2D eigenvalue weighted by atomic mass is 16.2. The maximum atomic E-state index is 13.2. The normalized spacial score (nSPS) is 53.6. The van der Waals surface area contributed by atoms with Crippen molar-refractivity contribution in [2.75, 3.05) is 13.1 Å². The lowest BCUT2D eigenvalue weighted by Gasteiger charge is -2.66. The maximum absolute atomic E-state index is 13.2. The summed E-state index contributed by atoms with van der Waals surface area (Å²) in [6.45, 7) is 1.90. The summed E-state index contributed by atoms with van der Waals surface area (Å²) in [5.41, 5.74) is 7.79. The van der Waals surface area contributed by atoms with Crippen LogP contribution < -0.4 is 16.2 Å². The van der Waals surface area contributed by atoms with Crippen molar-refractivity contribution in [3.63, 3.8) is 0 Å². The number of nitrogens with one attached hydrogen (secondary N) is 3. The molecule has 4 saturated carbocycles. The summed E-state index contributed by atoms with van der Waals surface area (Å²) >= 11 is 0. The molecule has 3 N–H and O–H groups in total. The summed E-state index contributed by atoms with van der Waals surface area (Å²) in [6.07, 6.45) is 11.8. The number of hydrazine groups is 1. The van der Waals surface area contributed by atoms with Gasteiger partial charge in [0.2, 0.25) is 5.91 Å². The molecule has 6 atom stereocenters. The monoisotopic (exact) mass is 344 g/mol. The van der Waals surface area contributed by atoms with E-state index < -0.39 is 0 Å². The predicted octanol–water partition coefficient (Wildman–Crippen LogP) is 1.40. The van der Waals surface area contributed by atoms with Gasteiger partial charge in [0.05, 0.1) is 6.04 Å². The minimum atomic E-state index is 0.0976. The van der Waals surface area contributed by atoms with E-state index in [-0.39, 0.29) is 6.04 Å². The van der Waals surface area contributed by atoms with E-state index in [1.165, 1.54) is 44.9 Å². The van der Waals surface area contributed by atoms with Gasteiger partial charge in [-0.05, 0) is 62.2 Å². The molecule has 7 fully saturated rings. The highest BCUT2D eigenvalue weighted by molar-refractivity contribution is 5.82. The molecule has 138 valence electrons. The fourth-order valence-electron chi connectivity index (χ4n) is 7.27. The van der Waals surface area contributed by atoms with Gasteiger partial charge >= 0.3 is 0 Å². The van der Waals surface area contributed by atoms with Gasteiger partial charge in [-0.25, -0.2) is 0 Å². The Morgan fingerprint density at radius 1 is 1.00 bits per heavy atom. The van der Waals surface area contributed by atoms with Crippen molar-refractivity contribution in [1.82, 2.24) is 21.1 Å². The lowest BCUT2D eigenvalue weighted by Crippen LogP contribution is -2.65. The fraction of sp³-hybridized carbons (Fsp3) is 0.950. The first kappa shape index (κ1) is 15.4. The summed E-state index contributed by atoms with van der Waals surface area (Å²) in [4.78, 5) is 15.4. The zero-order chi connectivity index (χ0) is 16.6. The summed E-state index contributed by atoms with van der Waals surface area (Å²) in [5, 5.41) is 3.70. The number of likely N-dealkylation sites (tertiary alicyclic amines) is 1. The van der Waals surface area contributed by atoms with Crippen molar-refractivity contribution in [3.8, 4) is 0 Å². The lowest BCUT2D eigenvalue weighted by atomic mass is 9.40. The number of amides is 1. The number of hydrogen-bond donors (Lipinski definition) is 3. The molecule has 6 unspecified atom stereocenters. The highest BCUT2D eigenvalue weighted by Crippen LogP contribution is 2.67. The second kappa shape index (κ2) is 5.43. The minimum Gasteiger partial charge on any atom is -0.341 e. The average molecular weight is 345 g/mol. The summed E-state index contributed by atoms with van der Waals surface area (Å²) in [6, 6.07) is 1.88. The molecule has 1 amide bonds. The molecule has 0 aromatic heterocycles. The van der Waals surface area contributed by atoms with Crippen LogP contribution in [0.4, 0.5) is 0 Å². The van der Waals surface area contributed by atoms with Crippen LogP contribution in [0, 0.1) is 23.2 Å². The zero-order valence-electron chi connectivity index (χ0n) is 15.2. The number of carbonyl (C=O) groups is 1. The van der Waals surface area contributed by atoms with Crippen molar-refractivity contribution < 1.29 is 4.79 Å². The number of fused-ring (bicyclic) bond motifs is 2. The zero-order valence-corrected chi connectivity index (χ0v) is 15.2. The van der Waals surface area contributed by atoms with E-state index in [1.807, 2.05) is 0 Å². The summed E-state index contributed by atoms with van der Waals surface area (Å²) in [7, 11) is 0. The molecule has 5 heteroatoms. The van der Waals surface area contributed by atoms with Crippen LogP contribution in [0.1, 0.15) is 57.8 Å². The Morgan fingerprint density at radius 2 is 1.84 bits per heavy atom. The summed E-state index contributed by atoms with van der Waals surface area (Å²) in [5.74, 6) is 2.79. The van der Waals surface area contributed by atoms with Crippen LogP contribution in [0.2, 0.25) is 0 Å². The van der Waals surface area contributed by atoms with Gasteiger partial charge < -0.3 is 10.2 Å². The molecule has 0 aromatic rings. The Balaban J connectivity index is 1.14. The van der Waals surface area contributed by atoms with Crippen LogP contribution in [-0.4, -0.2) is 48.1 Å². The third kappa shape index (κ3) is 2.21. The number of nitrogens with zero attached hydrogens (tertiary/aromatic N) is 1. The molecule has 0 aromatic carbocycles. The third-order valence-electron chi connectivity index (χ3n) is 8.73. The maximum Gasteiger partial charge on any atom is 0.239 e. The smallest absolute Gasteiger partial charge is 0.239 e. The second-order valence-electron chi connectivity index (χ2n) is 10.1. The Morgan fingerprint density at radius 3 is 2.60 bits per heavy atom. The largest absolute Gasteiger partial charge is 0.341 e. The molecule has 2 bridgehead atoms. The van der Waals surface area contributed by atoms with Gasteiger partial charge in [-0.2, -0.15) is 0 Å². The summed E-state index contributed by atoms with van der Waals surface area (Å²) < 4.78 is 0. The quantitative estimate of drug-likeness (QED) is 0.709. The van der Waals surface area contributed by atoms with Crippen LogP contribution >= 0.6 is 0 Å². The van der Waals surface area contributed by atoms with Crippen molar-refractivity contribution in [2.24, 2.45) is 23.2 Å². The molecule has 3 aliphatic heterocycles. The highest BCUT2D eigenvalue weighted by Gasteiger charge is 2.64. The second-order valence-corrected chi connectivity index (χ2v) is 10.1. The first-order valence-electron chi connectivity index (χ1n) is 10.8. The molecule has 3 heterocycles. The Bertz CT molecular complexity index is 549. The van der Waals surface area contributed by atoms with Crippen molar-refractivity contribution in [3.05, 3.63) is 0 Å². The van der Waals surface area contributed by atoms with E-state index in [0.29, 0.717) is 35.4 Å². The molecular formula is C20H32N4O. The minimum absolute atomic E-state index is 0.0976. The number of rotatable bonds is 2. The topological polar surface area (TPSA) is 56.4 Å². The number of piperidine rings is 1. The third-order valence-corrected chi connectivity index (χ3v) is 8.73.